The lowest BCUT2D eigenvalue weighted by molar-refractivity contribution is -0.147. The Bertz CT molecular complexity index is 990. The molecular weight excluding hydrogens is 478 g/mol. The van der Waals surface area contributed by atoms with E-state index in [9.17, 15) is 9.90 Å². The van der Waals surface area contributed by atoms with Crippen LogP contribution in [-0.2, 0) is 16.0 Å². The molecule has 0 aromatic heterocycles. The second-order valence-electron chi connectivity index (χ2n) is 8.25. The van der Waals surface area contributed by atoms with E-state index in [4.69, 9.17) is 30.5 Å². The Morgan fingerprint density at radius 2 is 1.94 bits per heavy atom. The average Bonchev–Trinajstić information content (AvgIpc) is 2.98. The molecule has 1 aliphatic heterocycles. The maximum absolute atomic E-state index is 12.9. The van der Waals surface area contributed by atoms with Crippen molar-refractivity contribution < 1.29 is 28.8 Å². The van der Waals surface area contributed by atoms with Crippen molar-refractivity contribution in [2.45, 2.75) is 35.0 Å². The molecule has 0 unspecified atom stereocenters. The number of esters is 1. The van der Waals surface area contributed by atoms with Crippen LogP contribution in [0.1, 0.15) is 18.4 Å². The summed E-state index contributed by atoms with van der Waals surface area (Å²) in [4.78, 5) is 15.8. The molecule has 7 nitrogen and oxygen atoms in total. The van der Waals surface area contributed by atoms with Crippen LogP contribution in [0, 0.1) is 0 Å². The van der Waals surface area contributed by atoms with Crippen LogP contribution < -0.4 is 14.2 Å². The summed E-state index contributed by atoms with van der Waals surface area (Å²) in [6.07, 6.45) is 0.947. The average molecular weight is 510 g/mol. The molecule has 0 amide bonds. The van der Waals surface area contributed by atoms with Gasteiger partial charge >= 0.3 is 5.97 Å². The first-order valence-electron chi connectivity index (χ1n) is 11.1. The third-order valence-corrected chi connectivity index (χ3v) is 7.76. The summed E-state index contributed by atoms with van der Waals surface area (Å²) in [5.41, 5.74) is 1.15. The first-order valence-corrected chi connectivity index (χ1v) is 12.3. The molecule has 0 radical (unpaired) electrons. The number of thioether (sulfide) groups is 1. The van der Waals surface area contributed by atoms with Crippen LogP contribution in [0.15, 0.2) is 41.3 Å². The molecule has 0 saturated carbocycles. The van der Waals surface area contributed by atoms with Crippen molar-refractivity contribution in [3.8, 4) is 17.2 Å². The van der Waals surface area contributed by atoms with Crippen LogP contribution in [0.4, 0.5) is 0 Å². The van der Waals surface area contributed by atoms with Gasteiger partial charge in [-0.15, -0.1) is 11.8 Å². The number of benzene rings is 2. The molecule has 1 N–H and O–H groups in total. The van der Waals surface area contributed by atoms with Crippen molar-refractivity contribution in [2.75, 3.05) is 48.1 Å². The Morgan fingerprint density at radius 1 is 1.18 bits per heavy atom. The molecule has 0 aliphatic carbocycles. The van der Waals surface area contributed by atoms with Crippen LogP contribution in [-0.4, -0.2) is 74.9 Å². The molecule has 0 spiro atoms. The van der Waals surface area contributed by atoms with Crippen LogP contribution in [0.2, 0.25) is 5.02 Å². The summed E-state index contributed by atoms with van der Waals surface area (Å²) < 4.78 is 20.4. The fraction of sp³-hybridized carbons (Fsp3) is 0.480. The van der Waals surface area contributed by atoms with Crippen molar-refractivity contribution in [1.82, 2.24) is 4.90 Å². The van der Waals surface area contributed by atoms with Gasteiger partial charge in [-0.2, -0.15) is 0 Å². The number of ether oxygens (including phenoxy) is 4. The van der Waals surface area contributed by atoms with Gasteiger partial charge in [-0.1, -0.05) is 17.7 Å². The maximum atomic E-state index is 12.9. The van der Waals surface area contributed by atoms with E-state index in [0.717, 1.165) is 30.0 Å². The van der Waals surface area contributed by atoms with E-state index < -0.39 is 16.8 Å². The minimum atomic E-state index is -1.17. The molecule has 3 rings (SSSR count). The Kier molecular flexibility index (Phi) is 9.36. The molecule has 9 heteroatoms. The fourth-order valence-electron chi connectivity index (χ4n) is 4.00. The van der Waals surface area contributed by atoms with Crippen molar-refractivity contribution in [1.29, 1.82) is 0 Å². The number of aliphatic hydroxyl groups excluding tert-OH is 1. The lowest BCUT2D eigenvalue weighted by atomic mass is 9.95. The minimum Gasteiger partial charge on any atom is -0.493 e. The molecule has 2 atom stereocenters. The highest BCUT2D eigenvalue weighted by atomic mass is 35.5. The topological polar surface area (TPSA) is 77.5 Å². The van der Waals surface area contributed by atoms with E-state index in [2.05, 4.69) is 4.90 Å². The number of fused-ring (bicyclic) bond motifs is 1. The number of halogens is 1. The van der Waals surface area contributed by atoms with Crippen LogP contribution in [0.5, 0.6) is 17.2 Å². The first-order chi connectivity index (χ1) is 16.3. The van der Waals surface area contributed by atoms with Gasteiger partial charge in [0, 0.05) is 11.6 Å². The molecule has 2 aromatic carbocycles. The Labute approximate surface area is 210 Å². The molecule has 0 bridgehead atoms. The summed E-state index contributed by atoms with van der Waals surface area (Å²) in [5.74, 6) is 1.56. The largest absolute Gasteiger partial charge is 0.493 e. The molecule has 2 aromatic rings. The van der Waals surface area contributed by atoms with E-state index in [1.165, 1.54) is 18.9 Å². The molecule has 0 fully saturated rings. The Hall–Kier alpha value is -2.13. The number of rotatable bonds is 10. The summed E-state index contributed by atoms with van der Waals surface area (Å²) in [7, 11) is 6.63. The number of nitrogens with zero attached hydrogens (tertiary/aromatic N) is 1. The lowest BCUT2D eigenvalue weighted by Crippen LogP contribution is -2.49. The number of carbonyl (C=O) groups is 1. The van der Waals surface area contributed by atoms with Crippen molar-refractivity contribution in [3.63, 3.8) is 0 Å². The van der Waals surface area contributed by atoms with Gasteiger partial charge in [-0.25, -0.2) is 0 Å². The van der Waals surface area contributed by atoms with Gasteiger partial charge in [0.05, 0.1) is 26.2 Å². The monoisotopic (exact) mass is 509 g/mol. The van der Waals surface area contributed by atoms with E-state index in [1.807, 2.05) is 25.2 Å². The maximum Gasteiger partial charge on any atom is 0.325 e. The first kappa shape index (κ1) is 26.5. The normalized spacial score (nSPS) is 19.7. The summed E-state index contributed by atoms with van der Waals surface area (Å²) in [5, 5.41) is 11.5. The summed E-state index contributed by atoms with van der Waals surface area (Å²) >= 11 is 7.44. The molecular formula is C25H32ClNO6S. The molecule has 1 aliphatic rings. The minimum absolute atomic E-state index is 0.00583. The third-order valence-electron chi connectivity index (χ3n) is 5.98. The lowest BCUT2D eigenvalue weighted by Gasteiger charge is -2.33. The van der Waals surface area contributed by atoms with Gasteiger partial charge in [-0.05, 0) is 68.8 Å². The van der Waals surface area contributed by atoms with Gasteiger partial charge in [0.1, 0.15) is 23.2 Å². The highest BCUT2D eigenvalue weighted by Gasteiger charge is 2.49. The molecule has 0 saturated heterocycles. The Morgan fingerprint density at radius 3 is 2.65 bits per heavy atom. The number of hydrogen-bond donors (Lipinski definition) is 1. The Balaban J connectivity index is 1.63. The SMILES string of the molecule is COC(=O)[C@]1(CCCN(C)CCc2ccc(OC)c(OC)c2)Sc2cc(Cl)ccc2OC[C@@H]1O. The molecule has 34 heavy (non-hydrogen) atoms. The van der Waals surface area contributed by atoms with E-state index in [1.54, 1.807) is 32.4 Å². The number of carbonyl (C=O) groups excluding carboxylic acids is 1. The fourth-order valence-corrected chi connectivity index (χ4v) is 5.66. The van der Waals surface area contributed by atoms with Crippen molar-refractivity contribution in [2.24, 2.45) is 0 Å². The van der Waals surface area contributed by atoms with E-state index in [-0.39, 0.29) is 6.61 Å². The number of likely N-dealkylation sites (N-methyl/N-ethyl adjacent to an activating group) is 1. The standard InChI is InChI=1S/C25H32ClNO6S/c1-27(13-10-17-6-8-19(30-2)21(14-17)31-3)12-5-11-25(24(29)32-4)23(28)16-33-20-9-7-18(26)15-22(20)34-25/h6-9,14-15,23,28H,5,10-13,16H2,1-4H3/t23-,25+/m0/s1. The summed E-state index contributed by atoms with van der Waals surface area (Å²) in [6, 6.07) is 11.2. The van der Waals surface area contributed by atoms with Gasteiger partial charge in [0.15, 0.2) is 11.5 Å². The molecule has 1 heterocycles. The van der Waals surface area contributed by atoms with Crippen LogP contribution >= 0.6 is 23.4 Å². The van der Waals surface area contributed by atoms with Crippen molar-refractivity contribution >= 4 is 29.3 Å². The zero-order chi connectivity index (χ0) is 24.7. The third kappa shape index (κ3) is 6.10. The zero-order valence-electron chi connectivity index (χ0n) is 20.0. The second kappa shape index (κ2) is 12.0. The number of methoxy groups -OCH3 is 3. The predicted octanol–water partition coefficient (Wildman–Crippen LogP) is 4.07. The van der Waals surface area contributed by atoms with Gasteiger partial charge in [0.2, 0.25) is 0 Å². The zero-order valence-corrected chi connectivity index (χ0v) is 21.6. The van der Waals surface area contributed by atoms with Crippen molar-refractivity contribution in [3.05, 3.63) is 47.0 Å². The number of aliphatic hydroxyl groups is 1. The van der Waals surface area contributed by atoms with E-state index >= 15 is 0 Å². The highest BCUT2D eigenvalue weighted by Crippen LogP contribution is 2.47. The van der Waals surface area contributed by atoms with Crippen LogP contribution in [0.25, 0.3) is 0 Å². The number of hydrogen-bond acceptors (Lipinski definition) is 8. The smallest absolute Gasteiger partial charge is 0.325 e. The van der Waals surface area contributed by atoms with Crippen LogP contribution in [0.3, 0.4) is 0 Å². The predicted molar refractivity (Wildman–Crippen MR) is 134 cm³/mol. The second-order valence-corrected chi connectivity index (χ2v) is 10.1. The quantitative estimate of drug-likeness (QED) is 0.480. The molecule has 186 valence electrons. The van der Waals surface area contributed by atoms with Gasteiger partial charge < -0.3 is 29.0 Å². The summed E-state index contributed by atoms with van der Waals surface area (Å²) in [6.45, 7) is 1.59. The van der Waals surface area contributed by atoms with Gasteiger partial charge in [0.25, 0.3) is 0 Å². The van der Waals surface area contributed by atoms with Gasteiger partial charge in [-0.3, -0.25) is 4.79 Å². The van der Waals surface area contributed by atoms with E-state index in [0.29, 0.717) is 35.1 Å². The highest BCUT2D eigenvalue weighted by molar-refractivity contribution is 8.01.